The van der Waals surface area contributed by atoms with Gasteiger partial charge in [-0.05, 0) is 25.5 Å². The molecule has 1 N–H and O–H groups in total. The lowest BCUT2D eigenvalue weighted by atomic mass is 10.1. The van der Waals surface area contributed by atoms with Crippen molar-refractivity contribution in [1.82, 2.24) is 0 Å². The standard InChI is InChI=1S/C14H21NO4/c1-12(15-16)13-6-3-4-7-14(13)19-11-10-18-9-5-8-17-2/h3-4,6-7,16H,5,8-11H2,1-2H3/b15-12+. The van der Waals surface area contributed by atoms with E-state index in [1.807, 2.05) is 24.3 Å². The number of benzene rings is 1. The van der Waals surface area contributed by atoms with Gasteiger partial charge >= 0.3 is 0 Å². The molecule has 106 valence electrons. The minimum Gasteiger partial charge on any atom is -0.490 e. The molecular weight excluding hydrogens is 246 g/mol. The summed E-state index contributed by atoms with van der Waals surface area (Å²) in [4.78, 5) is 0. The van der Waals surface area contributed by atoms with Crippen molar-refractivity contribution in [2.45, 2.75) is 13.3 Å². The normalized spacial score (nSPS) is 11.6. The number of hydrogen-bond donors (Lipinski definition) is 1. The lowest BCUT2D eigenvalue weighted by Gasteiger charge is -2.10. The van der Waals surface area contributed by atoms with Crippen LogP contribution in [0.5, 0.6) is 5.75 Å². The number of nitrogens with zero attached hydrogens (tertiary/aromatic N) is 1. The minimum absolute atomic E-state index is 0.461. The Morgan fingerprint density at radius 3 is 2.68 bits per heavy atom. The van der Waals surface area contributed by atoms with E-state index in [4.69, 9.17) is 19.4 Å². The third-order valence-electron chi connectivity index (χ3n) is 2.55. The molecule has 0 atom stereocenters. The molecule has 0 spiro atoms. The molecule has 1 aromatic carbocycles. The van der Waals surface area contributed by atoms with Crippen LogP contribution in [0.15, 0.2) is 29.4 Å². The van der Waals surface area contributed by atoms with Gasteiger partial charge in [-0.2, -0.15) is 0 Å². The van der Waals surface area contributed by atoms with E-state index in [-0.39, 0.29) is 0 Å². The first-order valence-corrected chi connectivity index (χ1v) is 6.27. The zero-order valence-corrected chi connectivity index (χ0v) is 11.5. The molecule has 0 aromatic heterocycles. The van der Waals surface area contributed by atoms with Gasteiger partial charge in [0.1, 0.15) is 12.4 Å². The van der Waals surface area contributed by atoms with Crippen molar-refractivity contribution in [3.63, 3.8) is 0 Å². The molecule has 0 amide bonds. The van der Waals surface area contributed by atoms with Crippen LogP contribution in [-0.4, -0.2) is 44.5 Å². The lowest BCUT2D eigenvalue weighted by molar-refractivity contribution is 0.0806. The van der Waals surface area contributed by atoms with Crippen LogP contribution in [0.4, 0.5) is 0 Å². The SMILES string of the molecule is COCCCOCCOc1ccccc1/C(C)=N/O. The number of oxime groups is 1. The maximum Gasteiger partial charge on any atom is 0.128 e. The average molecular weight is 267 g/mol. The Morgan fingerprint density at radius 1 is 1.16 bits per heavy atom. The summed E-state index contributed by atoms with van der Waals surface area (Å²) in [5.74, 6) is 0.693. The molecule has 0 aliphatic heterocycles. The second-order valence-corrected chi connectivity index (χ2v) is 3.99. The number of rotatable bonds is 9. The van der Waals surface area contributed by atoms with Gasteiger partial charge in [0, 0.05) is 25.9 Å². The molecule has 19 heavy (non-hydrogen) atoms. The summed E-state index contributed by atoms with van der Waals surface area (Å²) in [7, 11) is 1.67. The Labute approximate surface area is 113 Å². The van der Waals surface area contributed by atoms with Gasteiger partial charge in [-0.25, -0.2) is 0 Å². The van der Waals surface area contributed by atoms with Gasteiger partial charge < -0.3 is 19.4 Å². The zero-order valence-electron chi connectivity index (χ0n) is 11.5. The fourth-order valence-electron chi connectivity index (χ4n) is 1.56. The topological polar surface area (TPSA) is 60.3 Å². The van der Waals surface area contributed by atoms with Crippen LogP contribution in [0, 0.1) is 0 Å². The van der Waals surface area contributed by atoms with Crippen molar-refractivity contribution in [2.75, 3.05) is 33.5 Å². The van der Waals surface area contributed by atoms with Gasteiger partial charge in [0.15, 0.2) is 0 Å². The van der Waals surface area contributed by atoms with Gasteiger partial charge in [0.05, 0.1) is 12.3 Å². The van der Waals surface area contributed by atoms with E-state index in [1.165, 1.54) is 0 Å². The highest BCUT2D eigenvalue weighted by atomic mass is 16.5. The van der Waals surface area contributed by atoms with Gasteiger partial charge in [-0.1, -0.05) is 17.3 Å². The fourth-order valence-corrected chi connectivity index (χ4v) is 1.56. The Kier molecular flexibility index (Phi) is 7.62. The van der Waals surface area contributed by atoms with Crippen LogP contribution in [0.1, 0.15) is 18.9 Å². The molecule has 0 unspecified atom stereocenters. The van der Waals surface area contributed by atoms with Crippen molar-refractivity contribution in [1.29, 1.82) is 0 Å². The van der Waals surface area contributed by atoms with Crippen LogP contribution in [0.2, 0.25) is 0 Å². The minimum atomic E-state index is 0.461. The summed E-state index contributed by atoms with van der Waals surface area (Å²) in [6.45, 7) is 4.07. The van der Waals surface area contributed by atoms with E-state index >= 15 is 0 Å². The maximum absolute atomic E-state index is 8.80. The number of hydrogen-bond acceptors (Lipinski definition) is 5. The molecule has 0 radical (unpaired) electrons. The summed E-state index contributed by atoms with van der Waals surface area (Å²) >= 11 is 0. The van der Waals surface area contributed by atoms with Crippen molar-refractivity contribution < 1.29 is 19.4 Å². The monoisotopic (exact) mass is 267 g/mol. The van der Waals surface area contributed by atoms with E-state index in [0.717, 1.165) is 12.0 Å². The van der Waals surface area contributed by atoms with Crippen LogP contribution in [0.3, 0.4) is 0 Å². The predicted molar refractivity (Wildman–Crippen MR) is 73.2 cm³/mol. The fraction of sp³-hybridized carbons (Fsp3) is 0.500. The van der Waals surface area contributed by atoms with E-state index < -0.39 is 0 Å². The first-order chi connectivity index (χ1) is 9.29. The second kappa shape index (κ2) is 9.35. The number of methoxy groups -OCH3 is 1. The van der Waals surface area contributed by atoms with Gasteiger partial charge in [-0.3, -0.25) is 0 Å². The number of ether oxygens (including phenoxy) is 3. The molecule has 0 fully saturated rings. The molecule has 1 aromatic rings. The van der Waals surface area contributed by atoms with Gasteiger partial charge in [0.2, 0.25) is 0 Å². The highest BCUT2D eigenvalue weighted by Gasteiger charge is 2.06. The molecule has 5 nitrogen and oxygen atoms in total. The zero-order chi connectivity index (χ0) is 13.9. The molecule has 5 heteroatoms. The number of para-hydroxylation sites is 1. The first-order valence-electron chi connectivity index (χ1n) is 6.27. The largest absolute Gasteiger partial charge is 0.490 e. The van der Waals surface area contributed by atoms with E-state index in [1.54, 1.807) is 14.0 Å². The lowest BCUT2D eigenvalue weighted by Crippen LogP contribution is -2.10. The van der Waals surface area contributed by atoms with Crippen molar-refractivity contribution in [3.8, 4) is 5.75 Å². The van der Waals surface area contributed by atoms with Gasteiger partial charge in [0.25, 0.3) is 0 Å². The summed E-state index contributed by atoms with van der Waals surface area (Å²) in [6, 6.07) is 7.44. The molecular formula is C14H21NO4. The maximum atomic E-state index is 8.80. The second-order valence-electron chi connectivity index (χ2n) is 3.99. The highest BCUT2D eigenvalue weighted by Crippen LogP contribution is 2.18. The van der Waals surface area contributed by atoms with Crippen LogP contribution < -0.4 is 4.74 Å². The van der Waals surface area contributed by atoms with Crippen LogP contribution in [-0.2, 0) is 9.47 Å². The Balaban J connectivity index is 2.33. The van der Waals surface area contributed by atoms with Crippen LogP contribution >= 0.6 is 0 Å². The first kappa shape index (κ1) is 15.5. The summed E-state index contributed by atoms with van der Waals surface area (Å²) in [5, 5.41) is 12.0. The molecule has 0 bridgehead atoms. The quantitative estimate of drug-likeness (QED) is 0.323. The van der Waals surface area contributed by atoms with Crippen molar-refractivity contribution in [3.05, 3.63) is 29.8 Å². The summed E-state index contributed by atoms with van der Waals surface area (Å²) in [5.41, 5.74) is 1.31. The summed E-state index contributed by atoms with van der Waals surface area (Å²) < 4.78 is 15.9. The molecule has 0 heterocycles. The Hall–Kier alpha value is -1.59. The molecule has 0 saturated heterocycles. The Morgan fingerprint density at radius 2 is 1.95 bits per heavy atom. The Bertz CT molecular complexity index is 393. The van der Waals surface area contributed by atoms with E-state index in [2.05, 4.69) is 5.16 Å². The molecule has 0 aliphatic rings. The smallest absolute Gasteiger partial charge is 0.128 e. The third-order valence-corrected chi connectivity index (χ3v) is 2.55. The van der Waals surface area contributed by atoms with E-state index in [0.29, 0.717) is 37.9 Å². The van der Waals surface area contributed by atoms with Gasteiger partial charge in [-0.15, -0.1) is 0 Å². The van der Waals surface area contributed by atoms with E-state index in [9.17, 15) is 0 Å². The van der Waals surface area contributed by atoms with Crippen molar-refractivity contribution in [2.24, 2.45) is 5.16 Å². The van der Waals surface area contributed by atoms with Crippen LogP contribution in [0.25, 0.3) is 0 Å². The third kappa shape index (κ3) is 5.72. The average Bonchev–Trinajstić information content (AvgIpc) is 2.46. The molecule has 1 rings (SSSR count). The molecule has 0 aliphatic carbocycles. The highest BCUT2D eigenvalue weighted by molar-refractivity contribution is 6.00. The predicted octanol–water partition coefficient (Wildman–Crippen LogP) is 2.32. The molecule has 0 saturated carbocycles. The summed E-state index contributed by atoms with van der Waals surface area (Å²) in [6.07, 6.45) is 0.878. The van der Waals surface area contributed by atoms with Crippen molar-refractivity contribution >= 4 is 5.71 Å².